The Bertz CT molecular complexity index is 1890. The summed E-state index contributed by atoms with van der Waals surface area (Å²) in [5.74, 6) is 0.393. The number of amides is 2. The zero-order chi connectivity index (χ0) is 38.6. The van der Waals surface area contributed by atoms with Gasteiger partial charge in [-0.1, -0.05) is 115 Å². The van der Waals surface area contributed by atoms with Crippen LogP contribution >= 0.6 is 23.5 Å². The molecule has 3 N–H and O–H groups in total. The van der Waals surface area contributed by atoms with E-state index in [9.17, 15) is 14.4 Å². The monoisotopic (exact) mass is 763 g/mol. The summed E-state index contributed by atoms with van der Waals surface area (Å²) in [5, 5.41) is 11.2. The number of anilines is 1. The number of carbonyl (C=O) groups is 3. The van der Waals surface area contributed by atoms with Gasteiger partial charge in [0.15, 0.2) is 0 Å². The number of hydrogen-bond acceptors (Lipinski definition) is 8. The fourth-order valence-corrected chi connectivity index (χ4v) is 8.41. The molecule has 0 bridgehead atoms. The average molecular weight is 764 g/mol. The van der Waals surface area contributed by atoms with E-state index in [1.54, 1.807) is 29.6 Å². The third-order valence-electron chi connectivity index (χ3n) is 8.87. The molecule has 0 unspecified atom stereocenters. The van der Waals surface area contributed by atoms with Crippen LogP contribution in [0.3, 0.4) is 0 Å². The highest BCUT2D eigenvalue weighted by atomic mass is 32.2. The first-order valence-corrected chi connectivity index (χ1v) is 20.4. The summed E-state index contributed by atoms with van der Waals surface area (Å²) in [6.07, 6.45) is 1.91. The smallest absolute Gasteiger partial charge is 0.407 e. The van der Waals surface area contributed by atoms with Gasteiger partial charge in [-0.3, -0.25) is 4.79 Å². The molecule has 2 atom stereocenters. The topological polar surface area (TPSA) is 106 Å². The molecule has 0 saturated heterocycles. The maximum Gasteiger partial charge on any atom is 0.407 e. The molecule has 5 rings (SSSR count). The van der Waals surface area contributed by atoms with E-state index in [4.69, 9.17) is 9.47 Å². The summed E-state index contributed by atoms with van der Waals surface area (Å²) in [4.78, 5) is 39.4. The molecule has 5 aromatic carbocycles. The number of methoxy groups -OCH3 is 1. The van der Waals surface area contributed by atoms with Gasteiger partial charge in [0.05, 0.1) is 17.9 Å². The fourth-order valence-electron chi connectivity index (χ4n) is 6.38. The quantitative estimate of drug-likeness (QED) is 0.0677. The van der Waals surface area contributed by atoms with Crippen LogP contribution < -0.4 is 16.0 Å². The SMILES string of the molecule is COC(=O)[C@H](CCSC)NC(=O)c1cccc2c(NC[C@H](CSC(c3ccccc3)(c3ccccc3)c3ccccc3)NC(=O)OC(C)(C)C)cccc12. The zero-order valence-electron chi connectivity index (χ0n) is 31.5. The van der Waals surface area contributed by atoms with Crippen molar-refractivity contribution in [2.75, 3.05) is 36.7 Å². The number of ether oxygens (including phenoxy) is 2. The van der Waals surface area contributed by atoms with Crippen LogP contribution in [0.25, 0.3) is 10.8 Å². The fraction of sp³-hybridized carbons (Fsp3) is 0.295. The molecular formula is C44H49N3O5S2. The molecule has 0 fully saturated rings. The summed E-state index contributed by atoms with van der Waals surface area (Å²) in [7, 11) is 1.32. The first-order chi connectivity index (χ1) is 26.1. The average Bonchev–Trinajstić information content (AvgIpc) is 3.18. The summed E-state index contributed by atoms with van der Waals surface area (Å²) in [5.41, 5.74) is 3.95. The molecule has 0 aliphatic heterocycles. The van der Waals surface area contributed by atoms with Gasteiger partial charge in [0, 0.05) is 28.9 Å². The number of nitrogens with one attached hydrogen (secondary N) is 3. The maximum absolute atomic E-state index is 13.6. The largest absolute Gasteiger partial charge is 0.467 e. The van der Waals surface area contributed by atoms with Crippen molar-refractivity contribution >= 4 is 58.0 Å². The van der Waals surface area contributed by atoms with Crippen molar-refractivity contribution < 1.29 is 23.9 Å². The molecule has 0 aromatic heterocycles. The molecule has 10 heteroatoms. The van der Waals surface area contributed by atoms with E-state index in [0.29, 0.717) is 30.0 Å². The minimum atomic E-state index is -0.751. The second-order valence-electron chi connectivity index (χ2n) is 13.9. The highest BCUT2D eigenvalue weighted by molar-refractivity contribution is 8.00. The van der Waals surface area contributed by atoms with Gasteiger partial charge in [0.1, 0.15) is 11.6 Å². The van der Waals surface area contributed by atoms with Crippen molar-refractivity contribution in [2.45, 2.75) is 49.6 Å². The van der Waals surface area contributed by atoms with Crippen LogP contribution in [0.2, 0.25) is 0 Å². The highest BCUT2D eigenvalue weighted by Gasteiger charge is 2.38. The predicted molar refractivity (Wildman–Crippen MR) is 224 cm³/mol. The summed E-state index contributed by atoms with van der Waals surface area (Å²) in [6.45, 7) is 5.91. The number of rotatable bonds is 16. The van der Waals surface area contributed by atoms with Crippen LogP contribution in [0.5, 0.6) is 0 Å². The number of hydrogen-bond donors (Lipinski definition) is 3. The lowest BCUT2D eigenvalue weighted by molar-refractivity contribution is -0.142. The Balaban J connectivity index is 1.47. The van der Waals surface area contributed by atoms with Crippen LogP contribution in [0, 0.1) is 0 Å². The third kappa shape index (κ3) is 10.2. The van der Waals surface area contributed by atoms with Gasteiger partial charge in [-0.2, -0.15) is 11.8 Å². The molecule has 5 aromatic rings. The van der Waals surface area contributed by atoms with Gasteiger partial charge in [-0.25, -0.2) is 9.59 Å². The first-order valence-electron chi connectivity index (χ1n) is 18.0. The van der Waals surface area contributed by atoms with Crippen LogP contribution in [-0.2, 0) is 19.0 Å². The number of alkyl carbamates (subject to hydrolysis) is 1. The van der Waals surface area contributed by atoms with Crippen molar-refractivity contribution in [1.29, 1.82) is 0 Å². The maximum atomic E-state index is 13.6. The van der Waals surface area contributed by atoms with Crippen LogP contribution in [0.15, 0.2) is 127 Å². The lowest BCUT2D eigenvalue weighted by Gasteiger charge is -2.37. The van der Waals surface area contributed by atoms with Gasteiger partial charge >= 0.3 is 12.1 Å². The Kier molecular flexibility index (Phi) is 14.1. The summed E-state index contributed by atoms with van der Waals surface area (Å²) in [6, 6.07) is 41.5. The van der Waals surface area contributed by atoms with Gasteiger partial charge < -0.3 is 25.4 Å². The number of benzene rings is 5. The van der Waals surface area contributed by atoms with Crippen molar-refractivity contribution in [2.24, 2.45) is 0 Å². The predicted octanol–water partition coefficient (Wildman–Crippen LogP) is 8.89. The second-order valence-corrected chi connectivity index (χ2v) is 16.1. The van der Waals surface area contributed by atoms with Crippen molar-refractivity contribution in [3.63, 3.8) is 0 Å². The molecular weight excluding hydrogens is 715 g/mol. The third-order valence-corrected chi connectivity index (χ3v) is 11.2. The van der Waals surface area contributed by atoms with Crippen molar-refractivity contribution in [3.05, 3.63) is 150 Å². The number of esters is 1. The molecule has 282 valence electrons. The van der Waals surface area contributed by atoms with E-state index in [1.165, 1.54) is 7.11 Å². The molecule has 54 heavy (non-hydrogen) atoms. The van der Waals surface area contributed by atoms with E-state index in [1.807, 2.05) is 75.6 Å². The normalized spacial score (nSPS) is 12.7. The van der Waals surface area contributed by atoms with E-state index >= 15 is 0 Å². The van der Waals surface area contributed by atoms with E-state index in [2.05, 4.69) is 88.7 Å². The number of thioether (sulfide) groups is 2. The molecule has 0 aliphatic carbocycles. The van der Waals surface area contributed by atoms with Crippen LogP contribution in [0.4, 0.5) is 10.5 Å². The molecule has 2 amide bonds. The Morgan fingerprint density at radius 3 is 1.80 bits per heavy atom. The van der Waals surface area contributed by atoms with Crippen molar-refractivity contribution in [1.82, 2.24) is 10.6 Å². The van der Waals surface area contributed by atoms with E-state index in [-0.39, 0.29) is 11.9 Å². The Labute approximate surface area is 327 Å². The molecule has 0 spiro atoms. The lowest BCUT2D eigenvalue weighted by atomic mass is 9.84. The number of carbonyl (C=O) groups excluding carboxylic acids is 3. The first kappa shape index (κ1) is 40.3. The van der Waals surface area contributed by atoms with E-state index < -0.39 is 28.5 Å². The van der Waals surface area contributed by atoms with Crippen LogP contribution in [0.1, 0.15) is 54.2 Å². The zero-order valence-corrected chi connectivity index (χ0v) is 33.1. The second kappa shape index (κ2) is 18.9. The van der Waals surface area contributed by atoms with Gasteiger partial charge in [0.25, 0.3) is 5.91 Å². The van der Waals surface area contributed by atoms with Crippen LogP contribution in [-0.4, -0.2) is 67.1 Å². The molecule has 0 radical (unpaired) electrons. The van der Waals surface area contributed by atoms with Gasteiger partial charge in [-0.05, 0) is 73.4 Å². The molecule has 0 heterocycles. The summed E-state index contributed by atoms with van der Waals surface area (Å²) < 4.78 is 10.1. The van der Waals surface area contributed by atoms with Crippen molar-refractivity contribution in [3.8, 4) is 0 Å². The molecule has 0 aliphatic rings. The lowest BCUT2D eigenvalue weighted by Crippen LogP contribution is -2.45. The Hall–Kier alpha value is -4.93. The van der Waals surface area contributed by atoms with Gasteiger partial charge in [-0.15, -0.1) is 11.8 Å². The van der Waals surface area contributed by atoms with Gasteiger partial charge in [0.2, 0.25) is 0 Å². The Morgan fingerprint density at radius 2 is 1.26 bits per heavy atom. The minimum Gasteiger partial charge on any atom is -0.467 e. The standard InChI is InChI=1S/C44H49N3O5S2/c1-43(2,3)52-42(50)46-34(30-54-44(31-17-9-6-10-18-31,32-19-11-7-12-20-32)33-21-13-8-14-22-33)29-45-38-26-16-23-35-36(38)24-15-25-37(35)40(48)47-39(27-28-53-5)41(49)51-4/h6-26,34,39,45H,27-30H2,1-5H3,(H,46,50)(H,47,48)/t34-,39+/m1/s1. The highest BCUT2D eigenvalue weighted by Crippen LogP contribution is 2.48. The minimum absolute atomic E-state index is 0.353. The molecule has 0 saturated carbocycles. The number of fused-ring (bicyclic) bond motifs is 1. The molecule has 8 nitrogen and oxygen atoms in total. The Morgan fingerprint density at radius 1 is 0.704 bits per heavy atom. The summed E-state index contributed by atoms with van der Waals surface area (Å²) >= 11 is 3.35. The van der Waals surface area contributed by atoms with E-state index in [0.717, 1.165) is 33.2 Å².